The molecular formula is C23H22N6O3. The van der Waals surface area contributed by atoms with Crippen LogP contribution in [-0.2, 0) is 11.3 Å². The van der Waals surface area contributed by atoms with Gasteiger partial charge in [0.25, 0.3) is 5.91 Å². The first-order valence-electron chi connectivity index (χ1n) is 10.1. The molecule has 0 aliphatic heterocycles. The summed E-state index contributed by atoms with van der Waals surface area (Å²) in [5.74, 6) is -0.633. The summed E-state index contributed by atoms with van der Waals surface area (Å²) < 4.78 is 8.42. The smallest absolute Gasteiger partial charge is 0.341 e. The fraction of sp³-hybridized carbons (Fsp3) is 0.174. The van der Waals surface area contributed by atoms with Gasteiger partial charge in [-0.25, -0.2) is 19.1 Å². The maximum absolute atomic E-state index is 12.7. The van der Waals surface area contributed by atoms with E-state index in [1.807, 2.05) is 24.3 Å². The molecule has 9 nitrogen and oxygen atoms in total. The Morgan fingerprint density at radius 1 is 1.09 bits per heavy atom. The van der Waals surface area contributed by atoms with Crippen molar-refractivity contribution in [2.24, 2.45) is 0 Å². The Bertz CT molecular complexity index is 1230. The van der Waals surface area contributed by atoms with Gasteiger partial charge in [0.15, 0.2) is 0 Å². The predicted octanol–water partition coefficient (Wildman–Crippen LogP) is 3.25. The number of anilines is 1. The zero-order valence-electron chi connectivity index (χ0n) is 17.7. The second kappa shape index (κ2) is 9.25. The summed E-state index contributed by atoms with van der Waals surface area (Å²) in [6.07, 6.45) is 4.61. The number of amides is 1. The Balaban J connectivity index is 1.47. The maximum Gasteiger partial charge on any atom is 0.341 e. The van der Waals surface area contributed by atoms with Gasteiger partial charge in [-0.15, -0.1) is 0 Å². The minimum absolute atomic E-state index is 0.223. The van der Waals surface area contributed by atoms with Crippen LogP contribution in [0.4, 0.5) is 5.69 Å². The third-order valence-corrected chi connectivity index (χ3v) is 4.88. The molecule has 0 aliphatic carbocycles. The third kappa shape index (κ3) is 4.56. The summed E-state index contributed by atoms with van der Waals surface area (Å²) in [5, 5.41) is 11.3. The molecule has 0 unspecified atom stereocenters. The zero-order chi connectivity index (χ0) is 22.5. The number of carbonyl (C=O) groups is 2. The first kappa shape index (κ1) is 21.0. The average molecular weight is 430 g/mol. The van der Waals surface area contributed by atoms with Crippen LogP contribution in [0.3, 0.4) is 0 Å². The van der Waals surface area contributed by atoms with Crippen molar-refractivity contribution in [1.82, 2.24) is 24.5 Å². The molecule has 0 aliphatic rings. The molecule has 1 N–H and O–H groups in total. The van der Waals surface area contributed by atoms with Crippen LogP contribution >= 0.6 is 0 Å². The fourth-order valence-corrected chi connectivity index (χ4v) is 3.26. The first-order valence-corrected chi connectivity index (χ1v) is 10.1. The number of nitrogens with one attached hydrogen (secondary N) is 1. The number of benzene rings is 2. The summed E-state index contributed by atoms with van der Waals surface area (Å²) >= 11 is 0. The molecule has 0 saturated heterocycles. The van der Waals surface area contributed by atoms with E-state index in [1.54, 1.807) is 53.8 Å². The number of ether oxygens (including phenoxy) is 1. The standard InChI is InChI=1S/C23H22N6O3/c1-3-32-23(31)21-12-25-29(16(21)2)20-6-4-5-19(11-20)27-22(30)18-9-7-17(8-10-18)13-28-15-24-14-26-28/h4-12,14-15H,3,13H2,1-2H3,(H,27,30). The van der Waals surface area contributed by atoms with Crippen molar-refractivity contribution < 1.29 is 14.3 Å². The van der Waals surface area contributed by atoms with Gasteiger partial charge in [0.1, 0.15) is 18.2 Å². The minimum Gasteiger partial charge on any atom is -0.462 e. The number of rotatable bonds is 7. The highest BCUT2D eigenvalue weighted by atomic mass is 16.5. The van der Waals surface area contributed by atoms with Crippen LogP contribution in [0.1, 0.15) is 38.9 Å². The Morgan fingerprint density at radius 3 is 2.62 bits per heavy atom. The highest BCUT2D eigenvalue weighted by Crippen LogP contribution is 2.19. The van der Waals surface area contributed by atoms with E-state index in [0.29, 0.717) is 35.7 Å². The lowest BCUT2D eigenvalue weighted by Crippen LogP contribution is -2.12. The third-order valence-electron chi connectivity index (χ3n) is 4.88. The topological polar surface area (TPSA) is 104 Å². The molecule has 0 radical (unpaired) electrons. The van der Waals surface area contributed by atoms with Crippen LogP contribution in [0, 0.1) is 6.92 Å². The highest BCUT2D eigenvalue weighted by molar-refractivity contribution is 6.04. The number of esters is 1. The van der Waals surface area contributed by atoms with Gasteiger partial charge in [-0.1, -0.05) is 18.2 Å². The lowest BCUT2D eigenvalue weighted by atomic mass is 10.1. The lowest BCUT2D eigenvalue weighted by molar-refractivity contribution is 0.0525. The van der Waals surface area contributed by atoms with Crippen molar-refractivity contribution in [3.63, 3.8) is 0 Å². The van der Waals surface area contributed by atoms with E-state index in [1.165, 1.54) is 12.5 Å². The monoisotopic (exact) mass is 430 g/mol. The molecule has 0 atom stereocenters. The van der Waals surface area contributed by atoms with Crippen LogP contribution in [0.25, 0.3) is 5.69 Å². The molecule has 162 valence electrons. The quantitative estimate of drug-likeness (QED) is 0.452. The predicted molar refractivity (Wildman–Crippen MR) is 118 cm³/mol. The fourth-order valence-electron chi connectivity index (χ4n) is 3.26. The Hall–Kier alpha value is -4.27. The molecular weight excluding hydrogens is 408 g/mol. The Kier molecular flexibility index (Phi) is 6.07. The Morgan fingerprint density at radius 2 is 1.91 bits per heavy atom. The van der Waals surface area contributed by atoms with E-state index >= 15 is 0 Å². The van der Waals surface area contributed by atoms with E-state index in [-0.39, 0.29) is 5.91 Å². The van der Waals surface area contributed by atoms with Gasteiger partial charge in [0, 0.05) is 11.3 Å². The number of carbonyl (C=O) groups excluding carboxylic acids is 2. The van der Waals surface area contributed by atoms with Crippen molar-refractivity contribution in [1.29, 1.82) is 0 Å². The molecule has 2 heterocycles. The molecule has 0 saturated carbocycles. The summed E-state index contributed by atoms with van der Waals surface area (Å²) in [4.78, 5) is 28.7. The van der Waals surface area contributed by atoms with Gasteiger partial charge in [-0.2, -0.15) is 10.2 Å². The van der Waals surface area contributed by atoms with Crippen molar-refractivity contribution >= 4 is 17.6 Å². The van der Waals surface area contributed by atoms with Crippen LogP contribution in [-0.4, -0.2) is 43.0 Å². The molecule has 4 rings (SSSR count). The van der Waals surface area contributed by atoms with Gasteiger partial charge in [-0.3, -0.25) is 4.79 Å². The second-order valence-electron chi connectivity index (χ2n) is 7.07. The highest BCUT2D eigenvalue weighted by Gasteiger charge is 2.16. The largest absolute Gasteiger partial charge is 0.462 e. The molecule has 4 aromatic rings. The summed E-state index contributed by atoms with van der Waals surface area (Å²) in [7, 11) is 0. The number of nitrogens with zero attached hydrogens (tertiary/aromatic N) is 5. The van der Waals surface area contributed by atoms with E-state index in [2.05, 4.69) is 20.5 Å². The molecule has 0 bridgehead atoms. The van der Waals surface area contributed by atoms with Gasteiger partial charge in [0.05, 0.1) is 30.7 Å². The molecule has 2 aromatic heterocycles. The minimum atomic E-state index is -0.409. The van der Waals surface area contributed by atoms with Crippen molar-refractivity contribution in [3.05, 3.63) is 89.8 Å². The van der Waals surface area contributed by atoms with Crippen LogP contribution < -0.4 is 5.32 Å². The summed E-state index contributed by atoms with van der Waals surface area (Å²) in [6, 6.07) is 14.6. The molecule has 0 spiro atoms. The molecule has 0 fully saturated rings. The number of aromatic nitrogens is 5. The van der Waals surface area contributed by atoms with E-state index in [9.17, 15) is 9.59 Å². The van der Waals surface area contributed by atoms with E-state index in [4.69, 9.17) is 4.74 Å². The normalized spacial score (nSPS) is 10.7. The van der Waals surface area contributed by atoms with Gasteiger partial charge in [0.2, 0.25) is 0 Å². The molecule has 9 heteroatoms. The molecule has 1 amide bonds. The number of hydrogen-bond acceptors (Lipinski definition) is 6. The van der Waals surface area contributed by atoms with Crippen molar-refractivity contribution in [2.75, 3.05) is 11.9 Å². The summed E-state index contributed by atoms with van der Waals surface area (Å²) in [6.45, 7) is 4.44. The van der Waals surface area contributed by atoms with Crippen molar-refractivity contribution in [2.45, 2.75) is 20.4 Å². The van der Waals surface area contributed by atoms with Crippen LogP contribution in [0.5, 0.6) is 0 Å². The second-order valence-corrected chi connectivity index (χ2v) is 7.07. The summed E-state index contributed by atoms with van der Waals surface area (Å²) in [5.41, 5.74) is 3.96. The van der Waals surface area contributed by atoms with Gasteiger partial charge >= 0.3 is 5.97 Å². The van der Waals surface area contributed by atoms with Gasteiger partial charge < -0.3 is 10.1 Å². The maximum atomic E-state index is 12.7. The lowest BCUT2D eigenvalue weighted by Gasteiger charge is -2.10. The van der Waals surface area contributed by atoms with Crippen LogP contribution in [0.2, 0.25) is 0 Å². The average Bonchev–Trinajstić information content (AvgIpc) is 3.44. The SMILES string of the molecule is CCOC(=O)c1cnn(-c2cccc(NC(=O)c3ccc(Cn4cncn4)cc3)c2)c1C. The molecule has 2 aromatic carbocycles. The molecule has 32 heavy (non-hydrogen) atoms. The zero-order valence-corrected chi connectivity index (χ0v) is 17.7. The Labute approximate surface area is 184 Å². The van der Waals surface area contributed by atoms with E-state index < -0.39 is 5.97 Å². The van der Waals surface area contributed by atoms with Crippen molar-refractivity contribution in [3.8, 4) is 5.69 Å². The van der Waals surface area contributed by atoms with E-state index in [0.717, 1.165) is 11.3 Å². The number of hydrogen-bond donors (Lipinski definition) is 1. The first-order chi connectivity index (χ1) is 15.5. The van der Waals surface area contributed by atoms with Crippen LogP contribution in [0.15, 0.2) is 67.4 Å². The van der Waals surface area contributed by atoms with Gasteiger partial charge in [-0.05, 0) is 49.7 Å².